The van der Waals surface area contributed by atoms with Crippen LogP contribution >= 0.6 is 11.6 Å². The Labute approximate surface area is 193 Å². The average molecular weight is 472 g/mol. The van der Waals surface area contributed by atoms with Gasteiger partial charge in [0.05, 0.1) is 18.7 Å². The van der Waals surface area contributed by atoms with Crippen molar-refractivity contribution >= 4 is 40.9 Å². The zero-order valence-electron chi connectivity index (χ0n) is 17.6. The number of hydrogen-bond donors (Lipinski definition) is 3. The summed E-state index contributed by atoms with van der Waals surface area (Å²) >= 11 is 6.30. The summed E-state index contributed by atoms with van der Waals surface area (Å²) in [5.41, 5.74) is 6.37. The molecule has 0 aromatic heterocycles. The van der Waals surface area contributed by atoms with Crippen molar-refractivity contribution in [2.24, 2.45) is 17.6 Å². The minimum absolute atomic E-state index is 0.0621. The smallest absolute Gasteiger partial charge is 0.291 e. The lowest BCUT2D eigenvalue weighted by Gasteiger charge is -2.26. The number of carbonyl (C=O) groups excluding carboxylic acids is 4. The molecule has 2 fully saturated rings. The number of halogens is 2. The molecule has 0 radical (unpaired) electrons. The Bertz CT molecular complexity index is 1230. The normalized spacial score (nSPS) is 27.8. The first-order valence-electron chi connectivity index (χ1n) is 10.5. The number of anilines is 1. The van der Waals surface area contributed by atoms with E-state index in [1.165, 1.54) is 24.3 Å². The van der Waals surface area contributed by atoms with Crippen molar-refractivity contribution in [2.75, 3.05) is 5.32 Å². The number of primary amides is 1. The molecule has 0 aliphatic carbocycles. The summed E-state index contributed by atoms with van der Waals surface area (Å²) in [6.07, 6.45) is -0.172. The number of benzene rings is 2. The molecule has 3 aliphatic rings. The Morgan fingerprint density at radius 2 is 1.91 bits per heavy atom. The monoisotopic (exact) mass is 471 g/mol. The highest BCUT2D eigenvalue weighted by molar-refractivity contribution is 6.31. The predicted molar refractivity (Wildman–Crippen MR) is 115 cm³/mol. The van der Waals surface area contributed by atoms with Crippen LogP contribution in [0.4, 0.5) is 10.1 Å². The summed E-state index contributed by atoms with van der Waals surface area (Å²) in [7, 11) is 0. The number of hydrogen-bond acceptors (Lipinski definition) is 4. The zero-order chi connectivity index (χ0) is 23.7. The Balaban J connectivity index is 1.62. The molecular formula is C23H21ClFN4O4+. The number of likely N-dealkylation sites (tertiary alicyclic amines) is 1. The van der Waals surface area contributed by atoms with E-state index in [9.17, 15) is 23.6 Å². The van der Waals surface area contributed by atoms with Crippen molar-refractivity contribution in [3.63, 3.8) is 0 Å². The molecular weight excluding hydrogens is 451 g/mol. The van der Waals surface area contributed by atoms with Crippen molar-refractivity contribution in [2.45, 2.75) is 31.5 Å². The number of carbonyl (C=O) groups is 4. The summed E-state index contributed by atoms with van der Waals surface area (Å²) in [5, 5.41) is 4.88. The highest BCUT2D eigenvalue weighted by Crippen LogP contribution is 2.51. The molecule has 3 aliphatic heterocycles. The zero-order valence-corrected chi connectivity index (χ0v) is 18.4. The van der Waals surface area contributed by atoms with E-state index in [1.807, 2.05) is 0 Å². The van der Waals surface area contributed by atoms with Gasteiger partial charge in [0, 0.05) is 10.6 Å². The van der Waals surface area contributed by atoms with Crippen LogP contribution in [0.25, 0.3) is 0 Å². The maximum absolute atomic E-state index is 13.7. The van der Waals surface area contributed by atoms with Gasteiger partial charge in [-0.1, -0.05) is 23.7 Å². The van der Waals surface area contributed by atoms with Crippen LogP contribution < -0.4 is 16.4 Å². The lowest BCUT2D eigenvalue weighted by molar-refractivity contribution is -0.732. The maximum atomic E-state index is 13.7. The van der Waals surface area contributed by atoms with Gasteiger partial charge in [-0.15, -0.1) is 0 Å². The van der Waals surface area contributed by atoms with Crippen molar-refractivity contribution in [1.29, 1.82) is 0 Å². The number of imide groups is 1. The summed E-state index contributed by atoms with van der Waals surface area (Å²) in [6.45, 7) is 1.73. The highest BCUT2D eigenvalue weighted by Gasteiger charge is 2.74. The fraction of sp³-hybridized carbons (Fsp3) is 0.304. The quantitative estimate of drug-likeness (QED) is 0.563. The van der Waals surface area contributed by atoms with Gasteiger partial charge in [-0.05, 0) is 42.3 Å². The van der Waals surface area contributed by atoms with Crippen molar-refractivity contribution < 1.29 is 28.9 Å². The minimum atomic E-state index is -1.44. The third-order valence-electron chi connectivity index (χ3n) is 6.92. The number of nitrogens with two attached hydrogens (primary N) is 2. The van der Waals surface area contributed by atoms with Crippen LogP contribution in [-0.4, -0.2) is 34.6 Å². The minimum Gasteiger partial charge on any atom is -0.369 e. The van der Waals surface area contributed by atoms with Crippen LogP contribution in [0.2, 0.25) is 5.02 Å². The van der Waals surface area contributed by atoms with E-state index in [4.69, 9.17) is 17.3 Å². The molecule has 4 atom stereocenters. The van der Waals surface area contributed by atoms with Gasteiger partial charge in [-0.2, -0.15) is 0 Å². The Morgan fingerprint density at radius 1 is 1.21 bits per heavy atom. The molecule has 4 amide bonds. The molecule has 0 saturated carbocycles. The Hall–Kier alpha value is -3.30. The number of nitrogens with zero attached hydrogens (tertiary/aromatic N) is 1. The fourth-order valence-corrected chi connectivity index (χ4v) is 5.87. The molecule has 33 heavy (non-hydrogen) atoms. The topological polar surface area (TPSA) is 126 Å². The second-order valence-corrected chi connectivity index (χ2v) is 9.30. The summed E-state index contributed by atoms with van der Waals surface area (Å²) < 4.78 is 13.3. The first-order chi connectivity index (χ1) is 15.6. The second-order valence-electron chi connectivity index (χ2n) is 8.86. The van der Waals surface area contributed by atoms with Crippen molar-refractivity contribution in [3.8, 4) is 0 Å². The van der Waals surface area contributed by atoms with Crippen molar-refractivity contribution in [1.82, 2.24) is 4.90 Å². The van der Waals surface area contributed by atoms with Gasteiger partial charge in [-0.3, -0.25) is 24.1 Å². The third kappa shape index (κ3) is 3.07. The van der Waals surface area contributed by atoms with Crippen LogP contribution in [0.1, 0.15) is 23.1 Å². The molecule has 2 aromatic carbocycles. The van der Waals surface area contributed by atoms with Crippen LogP contribution in [0.15, 0.2) is 36.4 Å². The number of quaternary nitrogens is 1. The largest absolute Gasteiger partial charge is 0.369 e. The standard InChI is InChI=1S/C23H20ClFN4O4/c1-10-6-12(24)7-14-19(10)27-22(33)23(14)18-17(15(28-23)8-16(26)30)20(31)29(21(18)32)9-11-2-4-13(25)5-3-11/h2-7,15,17-18,28H,8-9H2,1H3,(H2,26,30)(H,27,33)/p+1/t15-,17+,18-,23-/m0/s1. The first-order valence-corrected chi connectivity index (χ1v) is 10.9. The van der Waals surface area contributed by atoms with Crippen LogP contribution in [-0.2, 0) is 31.3 Å². The molecule has 0 unspecified atom stereocenters. The average Bonchev–Trinajstić information content (AvgIpc) is 3.31. The van der Waals surface area contributed by atoms with Crippen LogP contribution in [0.3, 0.4) is 0 Å². The van der Waals surface area contributed by atoms with Gasteiger partial charge in [0.1, 0.15) is 23.7 Å². The van der Waals surface area contributed by atoms with Crippen LogP contribution in [0.5, 0.6) is 0 Å². The molecule has 8 nitrogen and oxygen atoms in total. The van der Waals surface area contributed by atoms with E-state index in [0.29, 0.717) is 21.8 Å². The Morgan fingerprint density at radius 3 is 2.58 bits per heavy atom. The predicted octanol–water partition coefficient (Wildman–Crippen LogP) is 0.557. The van der Waals surface area contributed by atoms with Gasteiger partial charge in [-0.25, -0.2) is 4.39 Å². The summed E-state index contributed by atoms with van der Waals surface area (Å²) in [6, 6.07) is 8.12. The van der Waals surface area contributed by atoms with E-state index in [2.05, 4.69) is 5.32 Å². The summed E-state index contributed by atoms with van der Waals surface area (Å²) in [4.78, 5) is 53.4. The van der Waals surface area contributed by atoms with Crippen LogP contribution in [0, 0.1) is 24.6 Å². The Kier molecular flexibility index (Phi) is 4.80. The molecule has 170 valence electrons. The molecule has 5 N–H and O–H groups in total. The van der Waals surface area contributed by atoms with E-state index in [1.54, 1.807) is 24.4 Å². The molecule has 0 bridgehead atoms. The first kappa shape index (κ1) is 21.5. The molecule has 1 spiro atoms. The lowest BCUT2D eigenvalue weighted by Crippen LogP contribution is -2.99. The molecule has 5 rings (SSSR count). The molecule has 3 heterocycles. The van der Waals surface area contributed by atoms with Gasteiger partial charge < -0.3 is 16.4 Å². The maximum Gasteiger partial charge on any atom is 0.291 e. The molecule has 10 heteroatoms. The SMILES string of the molecule is Cc1cc(Cl)cc2c1NC(=O)[C@]21[NH2+][C@@H](CC(N)=O)[C@H]2C(=O)N(Cc3ccc(F)cc3)C(=O)[C@H]21. The number of amides is 4. The number of nitrogens with one attached hydrogen (secondary N) is 1. The highest BCUT2D eigenvalue weighted by atomic mass is 35.5. The summed E-state index contributed by atoms with van der Waals surface area (Å²) in [5.74, 6) is -4.45. The van der Waals surface area contributed by atoms with Gasteiger partial charge in [0.15, 0.2) is 0 Å². The van der Waals surface area contributed by atoms with Gasteiger partial charge >= 0.3 is 0 Å². The number of aryl methyl sites for hydroxylation is 1. The lowest BCUT2D eigenvalue weighted by atomic mass is 9.76. The number of fused-ring (bicyclic) bond motifs is 4. The fourth-order valence-electron chi connectivity index (χ4n) is 5.60. The van der Waals surface area contributed by atoms with E-state index < -0.39 is 52.9 Å². The third-order valence-corrected chi connectivity index (χ3v) is 7.14. The second kappa shape index (κ2) is 7.36. The van der Waals surface area contributed by atoms with E-state index >= 15 is 0 Å². The van der Waals surface area contributed by atoms with E-state index in [-0.39, 0.29) is 13.0 Å². The number of rotatable bonds is 4. The molecule has 2 aromatic rings. The van der Waals surface area contributed by atoms with Crippen molar-refractivity contribution in [3.05, 3.63) is 63.9 Å². The van der Waals surface area contributed by atoms with Gasteiger partial charge in [0.2, 0.25) is 23.3 Å². The van der Waals surface area contributed by atoms with E-state index in [0.717, 1.165) is 10.5 Å². The molecule has 2 saturated heterocycles. The van der Waals surface area contributed by atoms with Gasteiger partial charge in [0.25, 0.3) is 5.91 Å².